The predicted octanol–water partition coefficient (Wildman–Crippen LogP) is 0.704. The van der Waals surface area contributed by atoms with Crippen molar-refractivity contribution in [1.29, 1.82) is 0 Å². The number of nitrogens with zero attached hydrogens (tertiary/aromatic N) is 2. The Bertz CT molecular complexity index is 1420. The molecule has 6 atom stereocenters. The first-order chi connectivity index (χ1) is 22.3. The summed E-state index contributed by atoms with van der Waals surface area (Å²) in [7, 11) is -4.89. The number of ether oxygens (including phenoxy) is 4. The molecular weight excluding hydrogens is 668 g/mol. The van der Waals surface area contributed by atoms with Crippen molar-refractivity contribution in [1.82, 2.24) is 9.13 Å². The van der Waals surface area contributed by atoms with E-state index in [1.165, 1.54) is 27.7 Å². The maximum absolute atomic E-state index is 14.7. The van der Waals surface area contributed by atoms with Gasteiger partial charge in [0.1, 0.15) is 24.4 Å². The van der Waals surface area contributed by atoms with Crippen LogP contribution in [0, 0.1) is 17.8 Å². The highest BCUT2D eigenvalue weighted by atomic mass is 31.2. The first-order valence-corrected chi connectivity index (χ1v) is 16.5. The summed E-state index contributed by atoms with van der Waals surface area (Å²) in [5, 5.41) is 22.3. The zero-order valence-electron chi connectivity index (χ0n) is 27.9. The molecule has 1 saturated heterocycles. The van der Waals surface area contributed by atoms with Gasteiger partial charge in [-0.2, -0.15) is 0 Å². The van der Waals surface area contributed by atoms with Gasteiger partial charge in [0.15, 0.2) is 18.6 Å². The Balaban J connectivity index is 2.35. The topological polar surface area (TPSA) is 243 Å². The molecule has 2 unspecified atom stereocenters. The van der Waals surface area contributed by atoms with Crippen LogP contribution < -0.4 is 17.0 Å². The largest absolute Gasteiger partial charge is 0.480 e. The Labute approximate surface area is 275 Å². The zero-order valence-corrected chi connectivity index (χ0v) is 28.8. The highest BCUT2D eigenvalue weighted by molar-refractivity contribution is 7.48. The van der Waals surface area contributed by atoms with E-state index in [0.29, 0.717) is 15.6 Å². The van der Waals surface area contributed by atoms with Gasteiger partial charge in [-0.25, -0.2) is 27.4 Å². The number of aromatic nitrogens is 2. The average molecular weight is 714 g/mol. The Morgan fingerprint density at radius 1 is 1.02 bits per heavy atom. The van der Waals surface area contributed by atoms with Gasteiger partial charge >= 0.3 is 31.4 Å². The van der Waals surface area contributed by atoms with E-state index in [0.717, 1.165) is 19.2 Å². The molecule has 1 aromatic heterocycles. The number of rotatable bonds is 18. The van der Waals surface area contributed by atoms with Crippen LogP contribution in [0.15, 0.2) is 21.9 Å². The summed E-state index contributed by atoms with van der Waals surface area (Å²) in [6.07, 6.45) is -2.64. The number of alkyl halides is 1. The Morgan fingerprint density at radius 2 is 1.56 bits per heavy atom. The lowest BCUT2D eigenvalue weighted by atomic mass is 9.88. The number of carbonyl (C=O) groups is 3. The van der Waals surface area contributed by atoms with Crippen LogP contribution in [0.5, 0.6) is 0 Å². The standard InChI is InChI=1S/C28H45FN3O15P/c1-8-18(6)20(30)23(36)41-13-32-19(33)9-10-31(26(32)38)25-27(7,39)24(37)28(11-29,47-25)12-44-48(40,45-14-42-21(34)16(2)3)46-15-43-22(35)17(4)5/h9-10,16-18,20,24-25,37,39H,8,11-15,30H2,1-7H3/t18?,20?,24-,25+,27+,28+/m0/s1. The second-order valence-electron chi connectivity index (χ2n) is 12.0. The quantitative estimate of drug-likeness (QED) is 0.0821. The molecule has 1 aliphatic rings. The van der Waals surface area contributed by atoms with E-state index >= 15 is 0 Å². The van der Waals surface area contributed by atoms with E-state index in [4.69, 9.17) is 38.3 Å². The molecule has 20 heteroatoms. The summed E-state index contributed by atoms with van der Waals surface area (Å²) in [6, 6.07) is -0.168. The molecule has 0 saturated carbocycles. The Kier molecular flexibility index (Phi) is 14.6. The van der Waals surface area contributed by atoms with Crippen molar-refractivity contribution in [3.05, 3.63) is 33.1 Å². The SMILES string of the molecule is CCC(C)C(N)C(=O)OCn1c(=O)ccn([C@@H]2O[C@](CF)(COP(=O)(OCOC(=O)C(C)C)OCOC(=O)C(C)C)[C@@H](O)[C@@]2(C)O)c1=O. The van der Waals surface area contributed by atoms with E-state index in [9.17, 15) is 43.1 Å². The van der Waals surface area contributed by atoms with Crippen molar-refractivity contribution in [2.24, 2.45) is 23.5 Å². The zero-order chi connectivity index (χ0) is 36.6. The molecule has 274 valence electrons. The molecular formula is C28H45FN3O15P. The van der Waals surface area contributed by atoms with Gasteiger partial charge < -0.3 is 34.9 Å². The maximum atomic E-state index is 14.7. The molecule has 1 fully saturated rings. The molecule has 1 aliphatic heterocycles. The van der Waals surface area contributed by atoms with Crippen molar-refractivity contribution in [3.8, 4) is 0 Å². The van der Waals surface area contributed by atoms with Gasteiger partial charge in [0.05, 0.1) is 18.4 Å². The summed E-state index contributed by atoms with van der Waals surface area (Å²) in [5.74, 6) is -3.83. The third-order valence-corrected chi connectivity index (χ3v) is 8.86. The van der Waals surface area contributed by atoms with Crippen LogP contribution in [-0.2, 0) is 58.2 Å². The normalized spacial score (nSPS) is 24.0. The van der Waals surface area contributed by atoms with E-state index in [-0.39, 0.29) is 5.92 Å². The van der Waals surface area contributed by atoms with Crippen molar-refractivity contribution in [2.75, 3.05) is 26.9 Å². The first kappa shape index (κ1) is 41.1. The summed E-state index contributed by atoms with van der Waals surface area (Å²) >= 11 is 0. The summed E-state index contributed by atoms with van der Waals surface area (Å²) < 4.78 is 64.8. The number of nitrogens with two attached hydrogens (primary N) is 1. The number of aliphatic hydroxyl groups is 2. The number of phosphoric acid groups is 1. The number of hydrogen-bond acceptors (Lipinski definition) is 16. The van der Waals surface area contributed by atoms with Crippen molar-refractivity contribution >= 4 is 25.7 Å². The molecule has 1 aromatic rings. The van der Waals surface area contributed by atoms with Crippen LogP contribution in [0.25, 0.3) is 0 Å². The van der Waals surface area contributed by atoms with Crippen LogP contribution in [0.2, 0.25) is 0 Å². The van der Waals surface area contributed by atoms with E-state index in [1.54, 1.807) is 13.8 Å². The molecule has 0 spiro atoms. The van der Waals surface area contributed by atoms with Crippen LogP contribution in [0.4, 0.5) is 4.39 Å². The molecule has 4 N–H and O–H groups in total. The maximum Gasteiger partial charge on any atom is 0.480 e. The Hall–Kier alpha value is -3.03. The summed E-state index contributed by atoms with van der Waals surface area (Å²) in [6.45, 7) is 4.99. The fraction of sp³-hybridized carbons (Fsp3) is 0.750. The number of halogens is 1. The number of aliphatic hydroxyl groups excluding tert-OH is 1. The van der Waals surface area contributed by atoms with Gasteiger partial charge in [0.25, 0.3) is 5.56 Å². The molecule has 0 radical (unpaired) electrons. The second kappa shape index (κ2) is 17.1. The number of hydrogen-bond donors (Lipinski definition) is 3. The molecule has 0 amide bonds. The minimum Gasteiger partial charge on any atom is -0.442 e. The Morgan fingerprint density at radius 3 is 2.04 bits per heavy atom. The molecule has 2 heterocycles. The smallest absolute Gasteiger partial charge is 0.442 e. The van der Waals surface area contributed by atoms with Gasteiger partial charge in [-0.3, -0.25) is 28.3 Å². The lowest BCUT2D eigenvalue weighted by Gasteiger charge is -2.31. The van der Waals surface area contributed by atoms with Gasteiger partial charge in [0, 0.05) is 12.3 Å². The van der Waals surface area contributed by atoms with Gasteiger partial charge in [0.2, 0.25) is 13.6 Å². The van der Waals surface area contributed by atoms with Crippen LogP contribution in [-0.4, -0.2) is 87.5 Å². The van der Waals surface area contributed by atoms with Crippen LogP contribution in [0.3, 0.4) is 0 Å². The van der Waals surface area contributed by atoms with E-state index < -0.39 is 112 Å². The fourth-order valence-electron chi connectivity index (χ4n) is 4.14. The number of carbonyl (C=O) groups excluding carboxylic acids is 3. The van der Waals surface area contributed by atoms with Gasteiger partial charge in [-0.1, -0.05) is 48.0 Å². The third-order valence-electron chi connectivity index (χ3n) is 7.57. The molecule has 0 bridgehead atoms. The molecule has 2 rings (SSSR count). The summed E-state index contributed by atoms with van der Waals surface area (Å²) in [5.41, 5.74) is -1.27. The van der Waals surface area contributed by atoms with E-state index in [2.05, 4.69) is 0 Å². The average Bonchev–Trinajstić information content (AvgIpc) is 3.23. The molecule has 18 nitrogen and oxygen atoms in total. The third kappa shape index (κ3) is 9.78. The monoisotopic (exact) mass is 713 g/mol. The van der Waals surface area contributed by atoms with Crippen molar-refractivity contribution in [3.63, 3.8) is 0 Å². The number of phosphoric ester groups is 1. The minimum atomic E-state index is -4.89. The minimum absolute atomic E-state index is 0.266. The lowest BCUT2D eigenvalue weighted by molar-refractivity contribution is -0.161. The van der Waals surface area contributed by atoms with Gasteiger partial charge in [-0.15, -0.1) is 0 Å². The summed E-state index contributed by atoms with van der Waals surface area (Å²) in [4.78, 5) is 61.8. The highest BCUT2D eigenvalue weighted by Gasteiger charge is 2.63. The van der Waals surface area contributed by atoms with Crippen LogP contribution in [0.1, 0.15) is 61.1 Å². The number of esters is 3. The predicted molar refractivity (Wildman–Crippen MR) is 161 cm³/mol. The first-order valence-electron chi connectivity index (χ1n) is 15.0. The molecule has 0 aromatic carbocycles. The van der Waals surface area contributed by atoms with E-state index in [1.807, 2.05) is 0 Å². The lowest BCUT2D eigenvalue weighted by Crippen LogP contribution is -2.53. The highest BCUT2D eigenvalue weighted by Crippen LogP contribution is 2.52. The van der Waals surface area contributed by atoms with Crippen molar-refractivity contribution < 1.29 is 66.1 Å². The second-order valence-corrected chi connectivity index (χ2v) is 13.7. The molecule has 0 aliphatic carbocycles. The fourth-order valence-corrected chi connectivity index (χ4v) is 5.10. The van der Waals surface area contributed by atoms with Gasteiger partial charge in [-0.05, 0) is 12.8 Å². The van der Waals surface area contributed by atoms with Crippen molar-refractivity contribution in [2.45, 2.75) is 91.2 Å². The molecule has 48 heavy (non-hydrogen) atoms. The van der Waals surface area contributed by atoms with Crippen LogP contribution >= 0.6 is 7.82 Å².